The van der Waals surface area contributed by atoms with Gasteiger partial charge in [0.15, 0.2) is 11.5 Å². The van der Waals surface area contributed by atoms with E-state index in [1.54, 1.807) is 17.3 Å². The van der Waals surface area contributed by atoms with E-state index in [9.17, 15) is 13.6 Å². The molecule has 1 aromatic carbocycles. The number of nitrogens with one attached hydrogen (secondary N) is 1. The summed E-state index contributed by atoms with van der Waals surface area (Å²) in [4.78, 5) is 18.9. The Kier molecular flexibility index (Phi) is 7.32. The van der Waals surface area contributed by atoms with Crippen LogP contribution in [0, 0.1) is 0 Å². The second kappa shape index (κ2) is 9.48. The number of pyridine rings is 1. The molecule has 1 amide bonds. The third-order valence-electron chi connectivity index (χ3n) is 4.20. The third kappa shape index (κ3) is 4.84. The number of ether oxygens (including phenoxy) is 2. The van der Waals surface area contributed by atoms with Gasteiger partial charge in [-0.2, -0.15) is 8.78 Å². The highest BCUT2D eigenvalue weighted by atomic mass is 35.5. The zero-order chi connectivity index (χ0) is 18.5. The summed E-state index contributed by atoms with van der Waals surface area (Å²) in [6.07, 6.45) is 3.41. The zero-order valence-electron chi connectivity index (χ0n) is 14.6. The summed E-state index contributed by atoms with van der Waals surface area (Å²) < 4.78 is 34.4. The number of hydrogen-bond acceptors (Lipinski definition) is 5. The Bertz CT molecular complexity index is 765. The molecule has 1 fully saturated rings. The number of carbonyl (C=O) groups excluding carboxylic acids is 1. The Morgan fingerprint density at radius 3 is 2.81 bits per heavy atom. The van der Waals surface area contributed by atoms with Crippen LogP contribution in [0.2, 0.25) is 0 Å². The van der Waals surface area contributed by atoms with Gasteiger partial charge < -0.3 is 19.7 Å². The van der Waals surface area contributed by atoms with E-state index >= 15 is 0 Å². The van der Waals surface area contributed by atoms with Gasteiger partial charge in [-0.15, -0.1) is 12.4 Å². The zero-order valence-corrected chi connectivity index (χ0v) is 15.4. The van der Waals surface area contributed by atoms with Crippen molar-refractivity contribution < 1.29 is 23.0 Å². The Morgan fingerprint density at radius 1 is 1.33 bits per heavy atom. The van der Waals surface area contributed by atoms with Gasteiger partial charge in [0.25, 0.3) is 5.91 Å². The van der Waals surface area contributed by atoms with Gasteiger partial charge in [-0.3, -0.25) is 9.78 Å². The molecule has 1 aliphatic heterocycles. The molecule has 0 radical (unpaired) electrons. The molecule has 1 unspecified atom stereocenters. The van der Waals surface area contributed by atoms with Gasteiger partial charge in [-0.25, -0.2) is 0 Å². The average Bonchev–Trinajstić information content (AvgIpc) is 2.68. The Hall–Kier alpha value is -2.45. The first-order valence-electron chi connectivity index (χ1n) is 8.14. The van der Waals surface area contributed by atoms with Crippen LogP contribution in [0.25, 0.3) is 0 Å². The molecular formula is C18H20ClF2N3O3. The van der Waals surface area contributed by atoms with Crippen molar-refractivity contribution in [1.29, 1.82) is 0 Å². The van der Waals surface area contributed by atoms with Crippen LogP contribution in [0.1, 0.15) is 22.0 Å². The summed E-state index contributed by atoms with van der Waals surface area (Å²) in [6.45, 7) is -1.16. The highest BCUT2D eigenvalue weighted by molar-refractivity contribution is 5.95. The van der Waals surface area contributed by atoms with E-state index in [-0.39, 0.29) is 35.9 Å². The number of aromatic nitrogens is 1. The van der Waals surface area contributed by atoms with Crippen LogP contribution >= 0.6 is 12.4 Å². The lowest BCUT2D eigenvalue weighted by Gasteiger charge is -2.36. The van der Waals surface area contributed by atoms with Crippen LogP contribution < -0.4 is 14.8 Å². The van der Waals surface area contributed by atoms with Crippen LogP contribution in [-0.4, -0.2) is 49.1 Å². The summed E-state index contributed by atoms with van der Waals surface area (Å²) in [5, 5.41) is 3.27. The maximum Gasteiger partial charge on any atom is 0.387 e. The molecule has 0 spiro atoms. The molecular weight excluding hydrogens is 380 g/mol. The van der Waals surface area contributed by atoms with E-state index in [0.29, 0.717) is 25.2 Å². The van der Waals surface area contributed by atoms with Crippen molar-refractivity contribution in [3.63, 3.8) is 0 Å². The van der Waals surface area contributed by atoms with Crippen LogP contribution in [0.15, 0.2) is 42.7 Å². The molecule has 1 N–H and O–H groups in total. The maximum atomic E-state index is 13.0. The SMILES string of the molecule is COc1cc(C(=O)N2CCNCC2c2cccnc2)ccc1OC(F)F.Cl. The van der Waals surface area contributed by atoms with Crippen LogP contribution in [0.5, 0.6) is 11.5 Å². The summed E-state index contributed by atoms with van der Waals surface area (Å²) >= 11 is 0. The molecule has 1 saturated heterocycles. The van der Waals surface area contributed by atoms with Crippen molar-refractivity contribution in [3.8, 4) is 11.5 Å². The standard InChI is InChI=1S/C18H19F2N3O3.ClH/c1-25-16-9-12(4-5-15(16)26-18(19)20)17(24)23-8-7-22-11-14(23)13-3-2-6-21-10-13;/h2-6,9-10,14,18,22H,7-8,11H2,1H3;1H. The lowest BCUT2D eigenvalue weighted by Crippen LogP contribution is -2.48. The first-order valence-corrected chi connectivity index (χ1v) is 8.14. The topological polar surface area (TPSA) is 63.7 Å². The smallest absolute Gasteiger partial charge is 0.387 e. The highest BCUT2D eigenvalue weighted by Gasteiger charge is 2.29. The molecule has 1 aliphatic rings. The second-order valence-corrected chi connectivity index (χ2v) is 5.75. The highest BCUT2D eigenvalue weighted by Crippen LogP contribution is 2.31. The number of halogens is 3. The molecule has 1 aromatic heterocycles. The monoisotopic (exact) mass is 399 g/mol. The molecule has 9 heteroatoms. The van der Waals surface area contributed by atoms with E-state index in [0.717, 1.165) is 5.56 Å². The van der Waals surface area contributed by atoms with Crippen molar-refractivity contribution in [1.82, 2.24) is 15.2 Å². The molecule has 0 bridgehead atoms. The lowest BCUT2D eigenvalue weighted by molar-refractivity contribution is -0.0512. The minimum absolute atomic E-state index is 0. The van der Waals surface area contributed by atoms with Gasteiger partial charge in [-0.1, -0.05) is 6.07 Å². The van der Waals surface area contributed by atoms with Crippen molar-refractivity contribution in [2.75, 3.05) is 26.7 Å². The Morgan fingerprint density at radius 2 is 2.15 bits per heavy atom. The molecule has 2 aromatic rings. The number of piperazine rings is 1. The molecule has 146 valence electrons. The fourth-order valence-corrected chi connectivity index (χ4v) is 2.98. The van der Waals surface area contributed by atoms with Gasteiger partial charge in [0.1, 0.15) is 0 Å². The molecule has 6 nitrogen and oxygen atoms in total. The van der Waals surface area contributed by atoms with Crippen LogP contribution in [0.3, 0.4) is 0 Å². The molecule has 1 atom stereocenters. The molecule has 0 aliphatic carbocycles. The predicted octanol–water partition coefficient (Wildman–Crippen LogP) is 2.90. The van der Waals surface area contributed by atoms with Crippen LogP contribution in [-0.2, 0) is 0 Å². The third-order valence-corrected chi connectivity index (χ3v) is 4.20. The van der Waals surface area contributed by atoms with Gasteiger partial charge in [0.2, 0.25) is 0 Å². The van der Waals surface area contributed by atoms with E-state index in [1.165, 1.54) is 25.3 Å². The quantitative estimate of drug-likeness (QED) is 0.837. The van der Waals surface area contributed by atoms with Crippen molar-refractivity contribution in [3.05, 3.63) is 53.9 Å². The normalized spacial score (nSPS) is 16.6. The summed E-state index contributed by atoms with van der Waals surface area (Å²) in [6, 6.07) is 7.79. The second-order valence-electron chi connectivity index (χ2n) is 5.75. The lowest BCUT2D eigenvalue weighted by atomic mass is 10.0. The number of methoxy groups -OCH3 is 1. The summed E-state index contributed by atoms with van der Waals surface area (Å²) in [5.74, 6) is -0.227. The van der Waals surface area contributed by atoms with Gasteiger partial charge in [0.05, 0.1) is 13.2 Å². The number of alkyl halides is 2. The Balaban J connectivity index is 0.00000261. The minimum Gasteiger partial charge on any atom is -0.493 e. The fraction of sp³-hybridized carbons (Fsp3) is 0.333. The van der Waals surface area contributed by atoms with Gasteiger partial charge in [0, 0.05) is 37.6 Å². The summed E-state index contributed by atoms with van der Waals surface area (Å²) in [5.41, 5.74) is 1.27. The van der Waals surface area contributed by atoms with Gasteiger partial charge >= 0.3 is 6.61 Å². The number of nitrogens with zero attached hydrogens (tertiary/aromatic N) is 2. The number of carbonyl (C=O) groups is 1. The van der Waals surface area contributed by atoms with Gasteiger partial charge in [-0.05, 0) is 29.8 Å². The van der Waals surface area contributed by atoms with E-state index in [4.69, 9.17) is 4.74 Å². The van der Waals surface area contributed by atoms with E-state index < -0.39 is 6.61 Å². The molecule has 0 saturated carbocycles. The van der Waals surface area contributed by atoms with E-state index in [2.05, 4.69) is 15.0 Å². The number of benzene rings is 1. The van der Waals surface area contributed by atoms with Crippen LogP contribution in [0.4, 0.5) is 8.78 Å². The first kappa shape index (κ1) is 20.9. The number of hydrogen-bond donors (Lipinski definition) is 1. The molecule has 2 heterocycles. The largest absolute Gasteiger partial charge is 0.493 e. The minimum atomic E-state index is -2.96. The average molecular weight is 400 g/mol. The van der Waals surface area contributed by atoms with Crippen molar-refractivity contribution in [2.24, 2.45) is 0 Å². The Labute approximate surface area is 161 Å². The predicted molar refractivity (Wildman–Crippen MR) is 97.8 cm³/mol. The molecule has 27 heavy (non-hydrogen) atoms. The first-order chi connectivity index (χ1) is 12.6. The number of rotatable bonds is 5. The van der Waals surface area contributed by atoms with Crippen molar-refractivity contribution >= 4 is 18.3 Å². The summed E-state index contributed by atoms with van der Waals surface area (Å²) in [7, 11) is 1.34. The van der Waals surface area contributed by atoms with E-state index in [1.807, 2.05) is 12.1 Å². The van der Waals surface area contributed by atoms with Crippen molar-refractivity contribution in [2.45, 2.75) is 12.7 Å². The maximum absolute atomic E-state index is 13.0. The fourth-order valence-electron chi connectivity index (χ4n) is 2.98. The molecule has 3 rings (SSSR count). The number of amides is 1.